The predicted molar refractivity (Wildman–Crippen MR) is 187 cm³/mol. The van der Waals surface area contributed by atoms with Crippen LogP contribution in [0.4, 0.5) is 0 Å². The van der Waals surface area contributed by atoms with Crippen molar-refractivity contribution in [1.29, 1.82) is 0 Å². The third kappa shape index (κ3) is 8.76. The molecule has 1 heterocycles. The molecule has 0 N–H and O–H groups in total. The number of hydrogen-bond acceptors (Lipinski definition) is 7. The summed E-state index contributed by atoms with van der Waals surface area (Å²) in [6.45, 7) is 23.3. The highest BCUT2D eigenvalue weighted by Crippen LogP contribution is 2.57. The van der Waals surface area contributed by atoms with Crippen molar-refractivity contribution in [2.75, 3.05) is 14.1 Å². The fourth-order valence-corrected chi connectivity index (χ4v) is 7.72. The van der Waals surface area contributed by atoms with Gasteiger partial charge in [-0.3, -0.25) is 14.4 Å². The number of imide groups is 1. The lowest BCUT2D eigenvalue weighted by Gasteiger charge is -2.53. The molecule has 3 atom stereocenters. The van der Waals surface area contributed by atoms with E-state index in [9.17, 15) is 19.2 Å². The molecule has 9 heteroatoms. The molecule has 0 aromatic heterocycles. The summed E-state index contributed by atoms with van der Waals surface area (Å²) in [5.41, 5.74) is -0.764. The lowest BCUT2D eigenvalue weighted by atomic mass is 9.52. The summed E-state index contributed by atoms with van der Waals surface area (Å²) in [7, 11) is 3.55. The van der Waals surface area contributed by atoms with E-state index in [0.29, 0.717) is 24.3 Å². The molecule has 0 bridgehead atoms. The van der Waals surface area contributed by atoms with Crippen LogP contribution in [0, 0.1) is 33.5 Å². The van der Waals surface area contributed by atoms with E-state index in [-0.39, 0.29) is 29.6 Å². The van der Waals surface area contributed by atoms with Crippen LogP contribution in [0.5, 0.6) is 0 Å². The maximum Gasteiger partial charge on any atom is 0.336 e. The maximum absolute atomic E-state index is 14.2. The number of rotatable bonds is 13. The Morgan fingerprint density at radius 2 is 1.40 bits per heavy atom. The van der Waals surface area contributed by atoms with Crippen LogP contribution in [0.2, 0.25) is 0 Å². The summed E-state index contributed by atoms with van der Waals surface area (Å²) in [6.07, 6.45) is 1.71. The van der Waals surface area contributed by atoms with E-state index in [2.05, 4.69) is 76.2 Å². The number of benzene rings is 1. The Bertz CT molecular complexity index is 1250. The fraction of sp³-hybridized carbons (Fsp3) is 0.694. The largest absolute Gasteiger partial charge is 0.349 e. The molecule has 252 valence electrons. The normalized spacial score (nSPS) is 17.5. The zero-order valence-corrected chi connectivity index (χ0v) is 31.5. The lowest BCUT2D eigenvalue weighted by Crippen LogP contribution is -2.52. The molecule has 1 saturated heterocycles. The van der Waals surface area contributed by atoms with Gasteiger partial charge in [0.1, 0.15) is 0 Å². The Labute approximate surface area is 281 Å². The van der Waals surface area contributed by atoms with E-state index in [0.717, 1.165) is 9.76 Å². The second-order valence-electron chi connectivity index (χ2n) is 15.9. The second-order valence-corrected chi connectivity index (χ2v) is 18.2. The van der Waals surface area contributed by atoms with Gasteiger partial charge in [-0.2, -0.15) is 0 Å². The molecule has 3 amide bonds. The van der Waals surface area contributed by atoms with Crippen LogP contribution in [0.15, 0.2) is 30.3 Å². The Balaban J connectivity index is 2.61. The van der Waals surface area contributed by atoms with E-state index in [1.54, 1.807) is 19.0 Å². The van der Waals surface area contributed by atoms with Gasteiger partial charge in [0.2, 0.25) is 5.91 Å². The van der Waals surface area contributed by atoms with E-state index >= 15 is 0 Å². The minimum absolute atomic E-state index is 0.00115. The van der Waals surface area contributed by atoms with E-state index < -0.39 is 45.2 Å². The van der Waals surface area contributed by atoms with Crippen LogP contribution in [0.1, 0.15) is 114 Å². The SMILES string of the molecule is CCC(C)(CC(C(=O)N(C)C)C(C)(C)SC(=S)c1ccccc1)C(C)(C)C(CC(C)(C)C(C)(C)C)C(=O)ON1C(=O)CCC1=O. The van der Waals surface area contributed by atoms with Gasteiger partial charge in [-0.1, -0.05) is 111 Å². The van der Waals surface area contributed by atoms with Gasteiger partial charge < -0.3 is 9.74 Å². The molecule has 45 heavy (non-hydrogen) atoms. The van der Waals surface area contributed by atoms with Crippen LogP contribution < -0.4 is 0 Å². The highest BCUT2D eigenvalue weighted by Gasteiger charge is 2.55. The standard InChI is InChI=1S/C36H56N2O5S2/c1-14-36(11,23-25(29(41)37(12)13)35(9,10)45-31(44)24-18-16-15-17-19-24)34(7,8)26(22-33(5,6)32(2,3)4)30(42)43-38-27(39)20-21-28(38)40/h15-19,25-26H,14,20-23H2,1-13H3. The number of carbonyl (C=O) groups is 4. The first-order valence-electron chi connectivity index (χ1n) is 16.0. The van der Waals surface area contributed by atoms with Crippen LogP contribution in [-0.2, 0) is 24.0 Å². The van der Waals surface area contributed by atoms with Crippen LogP contribution in [-0.4, -0.2) is 56.7 Å². The molecular weight excluding hydrogens is 605 g/mol. The first-order valence-corrected chi connectivity index (χ1v) is 17.2. The zero-order valence-electron chi connectivity index (χ0n) is 29.8. The zero-order chi connectivity index (χ0) is 34.8. The molecule has 2 rings (SSSR count). The van der Waals surface area contributed by atoms with Gasteiger partial charge in [-0.05, 0) is 53.9 Å². The Kier molecular flexibility index (Phi) is 12.3. The molecule has 0 saturated carbocycles. The highest BCUT2D eigenvalue weighted by molar-refractivity contribution is 8.24. The fourth-order valence-electron chi connectivity index (χ4n) is 5.88. The third-order valence-corrected chi connectivity index (χ3v) is 12.7. The van der Waals surface area contributed by atoms with E-state index in [4.69, 9.17) is 17.1 Å². The molecule has 1 aliphatic heterocycles. The van der Waals surface area contributed by atoms with Gasteiger partial charge in [-0.25, -0.2) is 4.79 Å². The number of amides is 3. The Hall–Kier alpha value is -2.26. The molecule has 3 unspecified atom stereocenters. The number of hydroxylamine groups is 2. The molecule has 1 aromatic rings. The quantitative estimate of drug-likeness (QED) is 0.156. The molecular formula is C36H56N2O5S2. The smallest absolute Gasteiger partial charge is 0.336 e. The average Bonchev–Trinajstić information content (AvgIpc) is 3.25. The number of carbonyl (C=O) groups excluding carboxylic acids is 4. The minimum Gasteiger partial charge on any atom is -0.349 e. The molecule has 1 aliphatic rings. The van der Waals surface area contributed by atoms with Crippen molar-refractivity contribution < 1.29 is 24.0 Å². The van der Waals surface area contributed by atoms with Crippen molar-refractivity contribution in [3.8, 4) is 0 Å². The molecule has 0 spiro atoms. The highest BCUT2D eigenvalue weighted by atomic mass is 32.2. The summed E-state index contributed by atoms with van der Waals surface area (Å²) in [5, 5.41) is 0.654. The van der Waals surface area contributed by atoms with Crippen LogP contribution in [0.25, 0.3) is 0 Å². The van der Waals surface area contributed by atoms with Gasteiger partial charge >= 0.3 is 5.97 Å². The molecule has 7 nitrogen and oxygen atoms in total. The molecule has 1 fully saturated rings. The van der Waals surface area contributed by atoms with E-state index in [1.165, 1.54) is 11.8 Å². The van der Waals surface area contributed by atoms with Crippen molar-refractivity contribution in [1.82, 2.24) is 9.96 Å². The Morgan fingerprint density at radius 3 is 1.84 bits per heavy atom. The number of thiocarbonyl (C=S) groups is 1. The van der Waals surface area contributed by atoms with Gasteiger partial charge in [0.15, 0.2) is 0 Å². The number of thioether (sulfide) groups is 1. The van der Waals surface area contributed by atoms with Crippen LogP contribution >= 0.6 is 24.0 Å². The molecule has 0 aliphatic carbocycles. The van der Waals surface area contributed by atoms with Gasteiger partial charge in [0.25, 0.3) is 11.8 Å². The van der Waals surface area contributed by atoms with Crippen molar-refractivity contribution in [3.05, 3.63) is 35.9 Å². The summed E-state index contributed by atoms with van der Waals surface area (Å²) in [6, 6.07) is 9.83. The second kappa shape index (κ2) is 14.2. The summed E-state index contributed by atoms with van der Waals surface area (Å²) >= 11 is 7.39. The Morgan fingerprint density at radius 1 is 0.889 bits per heavy atom. The minimum atomic E-state index is -0.710. The van der Waals surface area contributed by atoms with Crippen molar-refractivity contribution in [2.24, 2.45) is 33.5 Å². The van der Waals surface area contributed by atoms with Gasteiger partial charge in [0.05, 0.1) is 16.0 Å². The number of hydrogen-bond donors (Lipinski definition) is 0. The van der Waals surface area contributed by atoms with E-state index in [1.807, 2.05) is 30.3 Å². The average molecular weight is 661 g/mol. The first-order chi connectivity index (χ1) is 20.4. The summed E-state index contributed by atoms with van der Waals surface area (Å²) < 4.78 is 0.151. The van der Waals surface area contributed by atoms with Gasteiger partial charge in [-0.15, -0.1) is 16.8 Å². The van der Waals surface area contributed by atoms with Crippen molar-refractivity contribution >= 4 is 51.9 Å². The molecule has 1 aromatic carbocycles. The summed E-state index contributed by atoms with van der Waals surface area (Å²) in [4.78, 5) is 60.3. The van der Waals surface area contributed by atoms with Crippen molar-refractivity contribution in [3.63, 3.8) is 0 Å². The maximum atomic E-state index is 14.2. The van der Waals surface area contributed by atoms with Crippen LogP contribution in [0.3, 0.4) is 0 Å². The number of nitrogens with zero attached hydrogens (tertiary/aromatic N) is 2. The molecule has 0 radical (unpaired) electrons. The van der Waals surface area contributed by atoms with Gasteiger partial charge in [0, 0.05) is 31.7 Å². The third-order valence-electron chi connectivity index (χ3n) is 11.0. The van der Waals surface area contributed by atoms with Crippen molar-refractivity contribution in [2.45, 2.75) is 113 Å². The lowest BCUT2D eigenvalue weighted by molar-refractivity contribution is -0.207. The predicted octanol–water partition coefficient (Wildman–Crippen LogP) is 8.10. The topological polar surface area (TPSA) is 84.0 Å². The first kappa shape index (κ1) is 38.9. The summed E-state index contributed by atoms with van der Waals surface area (Å²) in [5.74, 6) is -2.69. The monoisotopic (exact) mass is 660 g/mol.